The summed E-state index contributed by atoms with van der Waals surface area (Å²) >= 11 is 0. The van der Waals surface area contributed by atoms with Crippen LogP contribution in [0.5, 0.6) is 0 Å². The van der Waals surface area contributed by atoms with E-state index in [0.29, 0.717) is 13.0 Å². The van der Waals surface area contributed by atoms with Crippen LogP contribution in [0.4, 0.5) is 0 Å². The lowest BCUT2D eigenvalue weighted by atomic mass is 9.77. The van der Waals surface area contributed by atoms with Crippen molar-refractivity contribution in [3.05, 3.63) is 0 Å². The smallest absolute Gasteiger partial charge is 0.237 e. The lowest BCUT2D eigenvalue weighted by Crippen LogP contribution is -2.57. The Labute approximate surface area is 109 Å². The summed E-state index contributed by atoms with van der Waals surface area (Å²) in [5, 5.41) is 15.2. The van der Waals surface area contributed by atoms with E-state index in [4.69, 9.17) is 9.84 Å². The Kier molecular flexibility index (Phi) is 6.05. The van der Waals surface area contributed by atoms with Crippen molar-refractivity contribution in [2.24, 2.45) is 5.41 Å². The first-order valence-electron chi connectivity index (χ1n) is 6.65. The van der Waals surface area contributed by atoms with E-state index in [9.17, 15) is 4.79 Å². The van der Waals surface area contributed by atoms with E-state index in [0.717, 1.165) is 19.4 Å². The van der Waals surface area contributed by atoms with Crippen molar-refractivity contribution < 1.29 is 14.6 Å². The lowest BCUT2D eigenvalue weighted by molar-refractivity contribution is -0.128. The molecule has 0 aromatic rings. The van der Waals surface area contributed by atoms with E-state index in [1.54, 1.807) is 7.11 Å². The predicted octanol–water partition coefficient (Wildman–Crippen LogP) is 0.278. The quantitative estimate of drug-likeness (QED) is 0.640. The molecule has 106 valence electrons. The Morgan fingerprint density at radius 2 is 2.33 bits per heavy atom. The number of methoxy groups -OCH3 is 1. The summed E-state index contributed by atoms with van der Waals surface area (Å²) in [6, 6.07) is -0.281. The summed E-state index contributed by atoms with van der Waals surface area (Å²) in [5.74, 6) is 0.00944. The fourth-order valence-corrected chi connectivity index (χ4v) is 2.50. The van der Waals surface area contributed by atoms with Gasteiger partial charge in [-0.1, -0.05) is 13.8 Å². The molecule has 1 rings (SSSR count). The third-order valence-corrected chi connectivity index (χ3v) is 3.58. The van der Waals surface area contributed by atoms with Crippen molar-refractivity contribution in [2.75, 3.05) is 26.9 Å². The summed E-state index contributed by atoms with van der Waals surface area (Å²) in [6.07, 6.45) is 2.68. The maximum atomic E-state index is 12.3. The highest BCUT2D eigenvalue weighted by molar-refractivity contribution is 5.83. The first-order chi connectivity index (χ1) is 8.51. The molecule has 2 atom stereocenters. The summed E-state index contributed by atoms with van der Waals surface area (Å²) in [5.41, 5.74) is -0.0286. The molecule has 0 aromatic heterocycles. The van der Waals surface area contributed by atoms with E-state index < -0.39 is 0 Å². The lowest BCUT2D eigenvalue weighted by Gasteiger charge is -2.38. The van der Waals surface area contributed by atoms with Crippen molar-refractivity contribution in [2.45, 2.75) is 45.2 Å². The molecule has 0 saturated carbocycles. The fourth-order valence-electron chi connectivity index (χ4n) is 2.50. The van der Waals surface area contributed by atoms with Crippen LogP contribution in [0.25, 0.3) is 0 Å². The van der Waals surface area contributed by atoms with Gasteiger partial charge in [0, 0.05) is 13.7 Å². The Bertz CT molecular complexity index is 263. The molecule has 3 N–H and O–H groups in total. The van der Waals surface area contributed by atoms with Gasteiger partial charge in [0.15, 0.2) is 0 Å². The van der Waals surface area contributed by atoms with Crippen LogP contribution >= 0.6 is 0 Å². The summed E-state index contributed by atoms with van der Waals surface area (Å²) in [7, 11) is 1.60. The number of carbonyl (C=O) groups is 1. The molecule has 0 spiro atoms. The van der Waals surface area contributed by atoms with Crippen LogP contribution in [0.3, 0.4) is 0 Å². The molecule has 5 heteroatoms. The van der Waals surface area contributed by atoms with Crippen LogP contribution in [-0.2, 0) is 9.53 Å². The van der Waals surface area contributed by atoms with Gasteiger partial charge in [0.1, 0.15) is 0 Å². The van der Waals surface area contributed by atoms with E-state index in [1.165, 1.54) is 0 Å². The Morgan fingerprint density at radius 3 is 2.89 bits per heavy atom. The van der Waals surface area contributed by atoms with E-state index in [2.05, 4.69) is 24.5 Å². The van der Waals surface area contributed by atoms with Crippen molar-refractivity contribution in [1.29, 1.82) is 0 Å². The third kappa shape index (κ3) is 4.23. The SMILES string of the molecule is COCC(CCO)NC(=O)C1NCCCC1(C)C. The van der Waals surface area contributed by atoms with Gasteiger partial charge in [-0.05, 0) is 31.2 Å². The van der Waals surface area contributed by atoms with Gasteiger partial charge in [-0.2, -0.15) is 0 Å². The molecule has 1 saturated heterocycles. The average Bonchev–Trinajstić information content (AvgIpc) is 2.28. The van der Waals surface area contributed by atoms with Crippen molar-refractivity contribution >= 4 is 5.91 Å². The largest absolute Gasteiger partial charge is 0.396 e. The number of rotatable bonds is 6. The number of aliphatic hydroxyl groups is 1. The molecular weight excluding hydrogens is 232 g/mol. The molecule has 0 radical (unpaired) electrons. The van der Waals surface area contributed by atoms with Gasteiger partial charge < -0.3 is 20.5 Å². The Morgan fingerprint density at radius 1 is 1.61 bits per heavy atom. The zero-order chi connectivity index (χ0) is 13.6. The molecule has 0 aliphatic carbocycles. The molecular formula is C13H26N2O3. The van der Waals surface area contributed by atoms with Gasteiger partial charge in [0.05, 0.1) is 18.7 Å². The van der Waals surface area contributed by atoms with Crippen LogP contribution in [0.2, 0.25) is 0 Å². The summed E-state index contributed by atoms with van der Waals surface area (Å²) in [4.78, 5) is 12.3. The van der Waals surface area contributed by atoms with E-state index in [1.807, 2.05) is 0 Å². The van der Waals surface area contributed by atoms with Gasteiger partial charge in [-0.25, -0.2) is 0 Å². The molecule has 2 unspecified atom stereocenters. The minimum absolute atomic E-state index is 0.00944. The zero-order valence-electron chi connectivity index (χ0n) is 11.7. The Hall–Kier alpha value is -0.650. The second-order valence-corrected chi connectivity index (χ2v) is 5.65. The number of aliphatic hydroxyl groups excluding tert-OH is 1. The number of ether oxygens (including phenoxy) is 1. The molecule has 1 aliphatic rings. The maximum Gasteiger partial charge on any atom is 0.237 e. The van der Waals surface area contributed by atoms with Crippen molar-refractivity contribution in [1.82, 2.24) is 10.6 Å². The molecule has 5 nitrogen and oxygen atoms in total. The number of carbonyl (C=O) groups excluding carboxylic acids is 1. The normalized spacial score (nSPS) is 24.6. The highest BCUT2D eigenvalue weighted by atomic mass is 16.5. The van der Waals surface area contributed by atoms with Crippen LogP contribution in [0.1, 0.15) is 33.1 Å². The number of amides is 1. The maximum absolute atomic E-state index is 12.3. The van der Waals surface area contributed by atoms with Crippen LogP contribution < -0.4 is 10.6 Å². The van der Waals surface area contributed by atoms with Gasteiger partial charge in [0.25, 0.3) is 0 Å². The third-order valence-electron chi connectivity index (χ3n) is 3.58. The highest BCUT2D eigenvalue weighted by Gasteiger charge is 2.37. The molecule has 18 heavy (non-hydrogen) atoms. The monoisotopic (exact) mass is 258 g/mol. The van der Waals surface area contributed by atoms with E-state index >= 15 is 0 Å². The standard InChI is InChI=1S/C13H26N2O3/c1-13(2)6-4-7-14-11(13)12(17)15-10(5-8-16)9-18-3/h10-11,14,16H,4-9H2,1-3H3,(H,15,17). The molecule has 0 aromatic carbocycles. The second-order valence-electron chi connectivity index (χ2n) is 5.65. The number of hydrogen-bond acceptors (Lipinski definition) is 4. The molecule has 1 amide bonds. The van der Waals surface area contributed by atoms with Gasteiger partial charge in [-0.15, -0.1) is 0 Å². The number of hydrogen-bond donors (Lipinski definition) is 3. The molecule has 1 heterocycles. The van der Waals surface area contributed by atoms with E-state index in [-0.39, 0.29) is 30.0 Å². The summed E-state index contributed by atoms with van der Waals surface area (Å²) < 4.78 is 5.05. The fraction of sp³-hybridized carbons (Fsp3) is 0.923. The highest BCUT2D eigenvalue weighted by Crippen LogP contribution is 2.30. The molecule has 1 fully saturated rings. The van der Waals surface area contributed by atoms with Gasteiger partial charge in [-0.3, -0.25) is 4.79 Å². The van der Waals surface area contributed by atoms with Crippen molar-refractivity contribution in [3.63, 3.8) is 0 Å². The topological polar surface area (TPSA) is 70.6 Å². The summed E-state index contributed by atoms with van der Waals surface area (Å²) in [6.45, 7) is 5.59. The first kappa shape index (κ1) is 15.4. The first-order valence-corrected chi connectivity index (χ1v) is 6.65. The second kappa shape index (κ2) is 7.07. The average molecular weight is 258 g/mol. The zero-order valence-corrected chi connectivity index (χ0v) is 11.7. The number of piperidine rings is 1. The van der Waals surface area contributed by atoms with Crippen LogP contribution in [0.15, 0.2) is 0 Å². The Balaban J connectivity index is 2.56. The van der Waals surface area contributed by atoms with Crippen LogP contribution in [0, 0.1) is 5.41 Å². The number of nitrogens with one attached hydrogen (secondary N) is 2. The van der Waals surface area contributed by atoms with Gasteiger partial charge in [0.2, 0.25) is 5.91 Å². The van der Waals surface area contributed by atoms with Gasteiger partial charge >= 0.3 is 0 Å². The minimum Gasteiger partial charge on any atom is -0.396 e. The predicted molar refractivity (Wildman–Crippen MR) is 70.3 cm³/mol. The van der Waals surface area contributed by atoms with Crippen LogP contribution in [-0.4, -0.2) is 50.0 Å². The van der Waals surface area contributed by atoms with Crippen molar-refractivity contribution in [3.8, 4) is 0 Å². The molecule has 0 bridgehead atoms. The minimum atomic E-state index is -0.163. The molecule has 1 aliphatic heterocycles.